The quantitative estimate of drug-likeness (QED) is 0.516. The van der Waals surface area contributed by atoms with Crippen molar-refractivity contribution in [2.24, 2.45) is 11.3 Å². The van der Waals surface area contributed by atoms with Gasteiger partial charge in [0.05, 0.1) is 0 Å². The van der Waals surface area contributed by atoms with Crippen molar-refractivity contribution < 1.29 is 0 Å². The molecular weight excluding hydrogens is 176 g/mol. The van der Waals surface area contributed by atoms with E-state index in [1.165, 1.54) is 12.8 Å². The number of halogens is 1. The predicted molar refractivity (Wildman–Crippen MR) is 44.9 cm³/mol. The fourth-order valence-electron chi connectivity index (χ4n) is 1.81. The van der Waals surface area contributed by atoms with Crippen LogP contribution in [0.15, 0.2) is 0 Å². The monoisotopic (exact) mass is 190 g/mol. The molecule has 0 spiro atoms. The highest BCUT2D eigenvalue weighted by molar-refractivity contribution is 9.09. The topological polar surface area (TPSA) is 0 Å². The van der Waals surface area contributed by atoms with Gasteiger partial charge in [0.2, 0.25) is 0 Å². The van der Waals surface area contributed by atoms with Gasteiger partial charge in [-0.05, 0) is 24.2 Å². The molecule has 0 saturated heterocycles. The van der Waals surface area contributed by atoms with Crippen LogP contribution in [0.5, 0.6) is 0 Å². The van der Waals surface area contributed by atoms with Crippen LogP contribution in [0.2, 0.25) is 0 Å². The van der Waals surface area contributed by atoms with E-state index in [1.54, 1.807) is 0 Å². The van der Waals surface area contributed by atoms with E-state index < -0.39 is 0 Å². The van der Waals surface area contributed by atoms with Gasteiger partial charge in [-0.3, -0.25) is 0 Å². The van der Waals surface area contributed by atoms with Crippen LogP contribution >= 0.6 is 15.9 Å². The van der Waals surface area contributed by atoms with Gasteiger partial charge >= 0.3 is 0 Å². The van der Waals surface area contributed by atoms with Gasteiger partial charge in [0.15, 0.2) is 0 Å². The zero-order chi connectivity index (χ0) is 7.07. The summed E-state index contributed by atoms with van der Waals surface area (Å²) >= 11 is 3.68. The fourth-order valence-corrected chi connectivity index (χ4v) is 2.88. The lowest BCUT2D eigenvalue weighted by atomic mass is 9.91. The molecule has 0 heterocycles. The first kappa shape index (κ1) is 7.59. The Balaban J connectivity index is 2.54. The molecule has 1 aliphatic carbocycles. The summed E-state index contributed by atoms with van der Waals surface area (Å²) in [4.78, 5) is 0.771. The minimum atomic E-state index is 0.591. The van der Waals surface area contributed by atoms with E-state index in [-0.39, 0.29) is 0 Å². The van der Waals surface area contributed by atoms with Gasteiger partial charge in [0.1, 0.15) is 0 Å². The third-order valence-corrected chi connectivity index (χ3v) is 3.47. The fraction of sp³-hybridized carbons (Fsp3) is 1.00. The van der Waals surface area contributed by atoms with Gasteiger partial charge in [-0.2, -0.15) is 0 Å². The lowest BCUT2D eigenvalue weighted by molar-refractivity contribution is 0.367. The van der Waals surface area contributed by atoms with Crippen LogP contribution in [0, 0.1) is 11.3 Å². The minimum absolute atomic E-state index is 0.591. The van der Waals surface area contributed by atoms with Crippen molar-refractivity contribution >= 4 is 15.9 Å². The molecule has 54 valence electrons. The first-order valence-corrected chi connectivity index (χ1v) is 4.57. The SMILES string of the molecule is CC1CC(C)(C)CC1Br. The van der Waals surface area contributed by atoms with E-state index in [2.05, 4.69) is 36.7 Å². The molecule has 0 N–H and O–H groups in total. The maximum Gasteiger partial charge on any atom is 0.0176 e. The average molecular weight is 191 g/mol. The van der Waals surface area contributed by atoms with Crippen LogP contribution in [0.3, 0.4) is 0 Å². The second-order valence-electron chi connectivity index (χ2n) is 4.07. The summed E-state index contributed by atoms with van der Waals surface area (Å²) in [6.45, 7) is 7.03. The minimum Gasteiger partial charge on any atom is -0.0888 e. The molecule has 0 aromatic rings. The van der Waals surface area contributed by atoms with E-state index in [4.69, 9.17) is 0 Å². The van der Waals surface area contributed by atoms with Crippen LogP contribution in [-0.4, -0.2) is 4.83 Å². The van der Waals surface area contributed by atoms with Crippen LogP contribution in [-0.2, 0) is 0 Å². The molecule has 0 aromatic heterocycles. The molecule has 0 radical (unpaired) electrons. The lowest BCUT2D eigenvalue weighted by Gasteiger charge is -2.15. The number of alkyl halides is 1. The van der Waals surface area contributed by atoms with Gasteiger partial charge in [-0.25, -0.2) is 0 Å². The Morgan fingerprint density at radius 1 is 1.33 bits per heavy atom. The molecule has 2 unspecified atom stereocenters. The Morgan fingerprint density at radius 2 is 1.89 bits per heavy atom. The average Bonchev–Trinajstić information content (AvgIpc) is 1.79. The normalized spacial score (nSPS) is 41.3. The van der Waals surface area contributed by atoms with E-state index in [1.807, 2.05) is 0 Å². The van der Waals surface area contributed by atoms with E-state index in [0.29, 0.717) is 5.41 Å². The number of rotatable bonds is 0. The van der Waals surface area contributed by atoms with Crippen molar-refractivity contribution in [2.75, 3.05) is 0 Å². The third-order valence-electron chi connectivity index (χ3n) is 2.24. The molecule has 0 aliphatic heterocycles. The summed E-state index contributed by atoms with van der Waals surface area (Å²) < 4.78 is 0. The Bertz CT molecular complexity index is 95.1. The van der Waals surface area contributed by atoms with E-state index in [9.17, 15) is 0 Å². The van der Waals surface area contributed by atoms with E-state index in [0.717, 1.165) is 10.7 Å². The Kier molecular flexibility index (Phi) is 1.91. The van der Waals surface area contributed by atoms with Crippen molar-refractivity contribution in [3.63, 3.8) is 0 Å². The van der Waals surface area contributed by atoms with Gasteiger partial charge in [-0.15, -0.1) is 0 Å². The molecule has 1 aliphatic rings. The molecule has 1 heteroatoms. The van der Waals surface area contributed by atoms with E-state index >= 15 is 0 Å². The Hall–Kier alpha value is 0.480. The summed E-state index contributed by atoms with van der Waals surface area (Å²) in [6, 6.07) is 0. The smallest absolute Gasteiger partial charge is 0.0176 e. The predicted octanol–water partition coefficient (Wildman–Crippen LogP) is 3.21. The zero-order valence-corrected chi connectivity index (χ0v) is 8.03. The zero-order valence-electron chi connectivity index (χ0n) is 6.45. The molecule has 0 aromatic carbocycles. The highest BCUT2D eigenvalue weighted by atomic mass is 79.9. The van der Waals surface area contributed by atoms with Crippen molar-refractivity contribution in [1.29, 1.82) is 0 Å². The van der Waals surface area contributed by atoms with Crippen molar-refractivity contribution in [1.82, 2.24) is 0 Å². The Labute approximate surface area is 66.2 Å². The van der Waals surface area contributed by atoms with Crippen LogP contribution < -0.4 is 0 Å². The van der Waals surface area contributed by atoms with Crippen LogP contribution in [0.1, 0.15) is 33.6 Å². The summed E-state index contributed by atoms with van der Waals surface area (Å²) in [7, 11) is 0. The molecule has 9 heavy (non-hydrogen) atoms. The van der Waals surface area contributed by atoms with Gasteiger partial charge in [0.25, 0.3) is 0 Å². The molecule has 0 bridgehead atoms. The second-order valence-corrected chi connectivity index (χ2v) is 5.24. The van der Waals surface area contributed by atoms with Crippen molar-refractivity contribution in [3.05, 3.63) is 0 Å². The van der Waals surface area contributed by atoms with Crippen LogP contribution in [0.4, 0.5) is 0 Å². The van der Waals surface area contributed by atoms with Crippen molar-refractivity contribution in [2.45, 2.75) is 38.4 Å². The molecule has 2 atom stereocenters. The standard InChI is InChI=1S/C8H15Br/c1-6-4-8(2,3)5-7(6)9/h6-7H,4-5H2,1-3H3. The second kappa shape index (κ2) is 2.26. The largest absolute Gasteiger partial charge is 0.0888 e. The van der Waals surface area contributed by atoms with Crippen molar-refractivity contribution in [3.8, 4) is 0 Å². The molecule has 0 amide bonds. The molecular formula is C8H15Br. The van der Waals surface area contributed by atoms with Gasteiger partial charge in [0, 0.05) is 4.83 Å². The highest BCUT2D eigenvalue weighted by Crippen LogP contribution is 2.44. The number of hydrogen-bond donors (Lipinski definition) is 0. The first-order valence-electron chi connectivity index (χ1n) is 3.65. The molecule has 1 rings (SSSR count). The lowest BCUT2D eigenvalue weighted by Crippen LogP contribution is -2.04. The maximum atomic E-state index is 3.68. The summed E-state index contributed by atoms with van der Waals surface area (Å²) in [5.41, 5.74) is 0.591. The molecule has 0 nitrogen and oxygen atoms in total. The van der Waals surface area contributed by atoms with Gasteiger partial charge < -0.3 is 0 Å². The summed E-state index contributed by atoms with van der Waals surface area (Å²) in [5.74, 6) is 0.875. The van der Waals surface area contributed by atoms with Crippen LogP contribution in [0.25, 0.3) is 0 Å². The first-order chi connectivity index (χ1) is 4.01. The Morgan fingerprint density at radius 3 is 2.00 bits per heavy atom. The van der Waals surface area contributed by atoms with Gasteiger partial charge in [-0.1, -0.05) is 36.7 Å². The third kappa shape index (κ3) is 1.70. The maximum absolute atomic E-state index is 3.68. The molecule has 1 fully saturated rings. The summed E-state index contributed by atoms with van der Waals surface area (Å²) in [5, 5.41) is 0. The summed E-state index contributed by atoms with van der Waals surface area (Å²) in [6.07, 6.45) is 2.72. The highest BCUT2D eigenvalue weighted by Gasteiger charge is 2.34. The number of hydrogen-bond acceptors (Lipinski definition) is 0. The molecule has 1 saturated carbocycles.